The Morgan fingerprint density at radius 3 is 2.00 bits per heavy atom. The number of rotatable bonds is 14. The second-order valence-corrected chi connectivity index (χ2v) is 6.92. The lowest BCUT2D eigenvalue weighted by Gasteiger charge is -2.08. The van der Waals surface area contributed by atoms with Crippen molar-refractivity contribution in [1.29, 1.82) is 0 Å². The van der Waals surface area contributed by atoms with Crippen molar-refractivity contribution < 1.29 is 9.53 Å². The van der Waals surface area contributed by atoms with Gasteiger partial charge in [-0.3, -0.25) is 4.79 Å². The zero-order valence-electron chi connectivity index (χ0n) is 14.7. The summed E-state index contributed by atoms with van der Waals surface area (Å²) < 4.78 is 5.29. The average molecular weight is 299 g/mol. The van der Waals surface area contributed by atoms with Crippen LogP contribution in [0, 0.1) is 11.8 Å². The summed E-state index contributed by atoms with van der Waals surface area (Å²) >= 11 is 0. The van der Waals surface area contributed by atoms with Gasteiger partial charge < -0.3 is 10.1 Å². The first kappa shape index (κ1) is 20.4. The Labute approximate surface area is 132 Å². The Morgan fingerprint density at radius 2 is 1.43 bits per heavy atom. The van der Waals surface area contributed by atoms with Crippen molar-refractivity contribution in [3.05, 3.63) is 0 Å². The molecule has 0 aromatic rings. The summed E-state index contributed by atoms with van der Waals surface area (Å²) in [5.41, 5.74) is 0. The SMILES string of the molecule is CC(C)CCCCCCCCCNC(=O)COCC(C)C. The van der Waals surface area contributed by atoms with Gasteiger partial charge >= 0.3 is 0 Å². The monoisotopic (exact) mass is 299 g/mol. The second kappa shape index (κ2) is 14.4. The number of ether oxygens (including phenoxy) is 1. The molecule has 3 nitrogen and oxygen atoms in total. The van der Waals surface area contributed by atoms with Gasteiger partial charge in [-0.05, 0) is 18.3 Å². The molecule has 3 heteroatoms. The number of carbonyl (C=O) groups is 1. The lowest BCUT2D eigenvalue weighted by molar-refractivity contribution is -0.126. The number of carbonyl (C=O) groups excluding carboxylic acids is 1. The van der Waals surface area contributed by atoms with Crippen molar-refractivity contribution in [3.8, 4) is 0 Å². The minimum atomic E-state index is 0.0179. The third-order valence-electron chi connectivity index (χ3n) is 3.46. The molecule has 1 N–H and O–H groups in total. The molecule has 0 unspecified atom stereocenters. The van der Waals surface area contributed by atoms with Gasteiger partial charge in [-0.15, -0.1) is 0 Å². The Morgan fingerprint density at radius 1 is 0.857 bits per heavy atom. The molecule has 126 valence electrons. The summed E-state index contributed by atoms with van der Waals surface area (Å²) in [5.74, 6) is 1.35. The van der Waals surface area contributed by atoms with Crippen LogP contribution in [0.25, 0.3) is 0 Å². The molecule has 0 aliphatic heterocycles. The van der Waals surface area contributed by atoms with Crippen LogP contribution >= 0.6 is 0 Å². The van der Waals surface area contributed by atoms with Crippen LogP contribution in [0.15, 0.2) is 0 Å². The molecule has 0 spiro atoms. The summed E-state index contributed by atoms with van der Waals surface area (Å²) in [6.45, 7) is 10.4. The van der Waals surface area contributed by atoms with Crippen LogP contribution < -0.4 is 5.32 Å². The molecule has 0 fully saturated rings. The number of nitrogens with one attached hydrogen (secondary N) is 1. The number of amides is 1. The quantitative estimate of drug-likeness (QED) is 0.478. The average Bonchev–Trinajstić information content (AvgIpc) is 2.40. The largest absolute Gasteiger partial charge is 0.371 e. The fraction of sp³-hybridized carbons (Fsp3) is 0.944. The van der Waals surface area contributed by atoms with Gasteiger partial charge in [0, 0.05) is 13.2 Å². The molecular weight excluding hydrogens is 262 g/mol. The second-order valence-electron chi connectivity index (χ2n) is 6.92. The fourth-order valence-corrected chi connectivity index (χ4v) is 2.23. The van der Waals surface area contributed by atoms with Crippen LogP contribution in [0.4, 0.5) is 0 Å². The maximum atomic E-state index is 11.5. The van der Waals surface area contributed by atoms with Crippen molar-refractivity contribution >= 4 is 5.91 Å². The molecule has 0 radical (unpaired) electrons. The lowest BCUT2D eigenvalue weighted by Crippen LogP contribution is -2.29. The van der Waals surface area contributed by atoms with Crippen LogP contribution in [0.2, 0.25) is 0 Å². The molecule has 0 heterocycles. The van der Waals surface area contributed by atoms with E-state index in [-0.39, 0.29) is 12.5 Å². The van der Waals surface area contributed by atoms with Crippen LogP contribution in [0.3, 0.4) is 0 Å². The van der Waals surface area contributed by atoms with Crippen LogP contribution in [0.5, 0.6) is 0 Å². The standard InChI is InChI=1S/C18H37NO2/c1-16(2)12-10-8-6-5-7-9-11-13-19-18(20)15-21-14-17(3)4/h16-17H,5-15H2,1-4H3,(H,19,20). The highest BCUT2D eigenvalue weighted by Crippen LogP contribution is 2.11. The molecule has 0 saturated heterocycles. The highest BCUT2D eigenvalue weighted by atomic mass is 16.5. The van der Waals surface area contributed by atoms with E-state index < -0.39 is 0 Å². The Balaban J connectivity index is 3.16. The maximum absolute atomic E-state index is 11.5. The van der Waals surface area contributed by atoms with E-state index in [2.05, 4.69) is 33.0 Å². The van der Waals surface area contributed by atoms with Gasteiger partial charge in [0.2, 0.25) is 5.91 Å². The topological polar surface area (TPSA) is 38.3 Å². The first-order valence-corrected chi connectivity index (χ1v) is 8.86. The molecule has 21 heavy (non-hydrogen) atoms. The predicted octanol–water partition coefficient (Wildman–Crippen LogP) is 4.55. The molecule has 0 saturated carbocycles. The van der Waals surface area contributed by atoms with Gasteiger partial charge in [0.05, 0.1) is 0 Å². The normalized spacial score (nSPS) is 11.3. The van der Waals surface area contributed by atoms with E-state index in [1.807, 2.05) is 0 Å². The van der Waals surface area contributed by atoms with Gasteiger partial charge in [0.25, 0.3) is 0 Å². The molecular formula is C18H37NO2. The zero-order chi connectivity index (χ0) is 15.9. The van der Waals surface area contributed by atoms with Crippen LogP contribution in [-0.4, -0.2) is 25.7 Å². The Kier molecular flexibility index (Phi) is 14.0. The third kappa shape index (κ3) is 17.4. The zero-order valence-corrected chi connectivity index (χ0v) is 14.7. The van der Waals surface area contributed by atoms with E-state index in [4.69, 9.17) is 4.74 Å². The van der Waals surface area contributed by atoms with E-state index in [1.165, 1.54) is 44.9 Å². The smallest absolute Gasteiger partial charge is 0.245 e. The molecule has 0 aromatic heterocycles. The van der Waals surface area contributed by atoms with E-state index in [9.17, 15) is 4.79 Å². The molecule has 0 rings (SSSR count). The highest BCUT2D eigenvalue weighted by Gasteiger charge is 2.01. The maximum Gasteiger partial charge on any atom is 0.245 e. The van der Waals surface area contributed by atoms with Crippen molar-refractivity contribution in [2.45, 2.75) is 79.1 Å². The van der Waals surface area contributed by atoms with E-state index in [0.717, 1.165) is 18.9 Å². The van der Waals surface area contributed by atoms with E-state index in [0.29, 0.717) is 12.5 Å². The van der Waals surface area contributed by atoms with E-state index in [1.54, 1.807) is 0 Å². The van der Waals surface area contributed by atoms with Crippen LogP contribution in [0.1, 0.15) is 79.1 Å². The summed E-state index contributed by atoms with van der Waals surface area (Å²) in [5, 5.41) is 2.92. The first-order chi connectivity index (χ1) is 10.0. The molecule has 0 aromatic carbocycles. The lowest BCUT2D eigenvalue weighted by atomic mass is 10.0. The first-order valence-electron chi connectivity index (χ1n) is 8.86. The van der Waals surface area contributed by atoms with E-state index >= 15 is 0 Å². The molecule has 0 atom stereocenters. The third-order valence-corrected chi connectivity index (χ3v) is 3.46. The Bertz CT molecular complexity index is 239. The fourth-order valence-electron chi connectivity index (χ4n) is 2.23. The summed E-state index contributed by atoms with van der Waals surface area (Å²) in [6, 6.07) is 0. The Hall–Kier alpha value is -0.570. The summed E-state index contributed by atoms with van der Waals surface area (Å²) in [4.78, 5) is 11.5. The van der Waals surface area contributed by atoms with Crippen molar-refractivity contribution in [3.63, 3.8) is 0 Å². The predicted molar refractivity (Wildman–Crippen MR) is 90.4 cm³/mol. The number of hydrogen-bond acceptors (Lipinski definition) is 2. The van der Waals surface area contributed by atoms with Gasteiger partial charge in [-0.25, -0.2) is 0 Å². The minimum Gasteiger partial charge on any atom is -0.371 e. The minimum absolute atomic E-state index is 0.0179. The number of unbranched alkanes of at least 4 members (excludes halogenated alkanes) is 6. The van der Waals surface area contributed by atoms with Gasteiger partial charge in [-0.1, -0.05) is 72.6 Å². The molecule has 0 aliphatic rings. The number of hydrogen-bond donors (Lipinski definition) is 1. The van der Waals surface area contributed by atoms with Crippen molar-refractivity contribution in [2.24, 2.45) is 11.8 Å². The molecule has 1 amide bonds. The van der Waals surface area contributed by atoms with Crippen molar-refractivity contribution in [1.82, 2.24) is 5.32 Å². The molecule has 0 aliphatic carbocycles. The summed E-state index contributed by atoms with van der Waals surface area (Å²) in [6.07, 6.45) is 10.4. The molecule has 0 bridgehead atoms. The van der Waals surface area contributed by atoms with Gasteiger partial charge in [-0.2, -0.15) is 0 Å². The van der Waals surface area contributed by atoms with Crippen LogP contribution in [-0.2, 0) is 9.53 Å². The summed E-state index contributed by atoms with van der Waals surface area (Å²) in [7, 11) is 0. The van der Waals surface area contributed by atoms with Gasteiger partial charge in [0.1, 0.15) is 6.61 Å². The highest BCUT2D eigenvalue weighted by molar-refractivity contribution is 5.77. The van der Waals surface area contributed by atoms with Gasteiger partial charge in [0.15, 0.2) is 0 Å². The van der Waals surface area contributed by atoms with Crippen molar-refractivity contribution in [2.75, 3.05) is 19.8 Å².